The largest absolute Gasteiger partial charge is 0.377 e. The minimum absolute atomic E-state index is 0.00819. The number of sulfone groups is 1. The van der Waals surface area contributed by atoms with E-state index in [4.69, 9.17) is 4.74 Å². The van der Waals surface area contributed by atoms with Crippen LogP contribution in [0.3, 0.4) is 0 Å². The molecule has 0 amide bonds. The first-order chi connectivity index (χ1) is 5.64. The second-order valence-corrected chi connectivity index (χ2v) is 5.03. The Labute approximate surface area is 71.8 Å². The molecule has 1 saturated heterocycles. The lowest BCUT2D eigenvalue weighted by Crippen LogP contribution is -2.22. The van der Waals surface area contributed by atoms with E-state index in [0.717, 1.165) is 12.8 Å². The van der Waals surface area contributed by atoms with Crippen molar-refractivity contribution in [2.45, 2.75) is 18.9 Å². The molecular weight excluding hydrogens is 180 g/mol. The van der Waals surface area contributed by atoms with E-state index < -0.39 is 9.84 Å². The van der Waals surface area contributed by atoms with Gasteiger partial charge in [-0.25, -0.2) is 8.42 Å². The Kier molecular flexibility index (Phi) is 3.22. The van der Waals surface area contributed by atoms with Crippen LogP contribution in [0.1, 0.15) is 12.8 Å². The van der Waals surface area contributed by atoms with Crippen molar-refractivity contribution in [2.75, 3.05) is 18.1 Å². The number of carbonyl (C=O) groups is 1. The van der Waals surface area contributed by atoms with Crippen molar-refractivity contribution >= 4 is 16.1 Å². The van der Waals surface area contributed by atoms with Crippen molar-refractivity contribution in [3.63, 3.8) is 0 Å². The fraction of sp³-hybridized carbons (Fsp3) is 0.857. The third-order valence-corrected chi connectivity index (χ3v) is 3.31. The van der Waals surface area contributed by atoms with Crippen LogP contribution in [0.15, 0.2) is 0 Å². The summed E-state index contributed by atoms with van der Waals surface area (Å²) in [5.41, 5.74) is 0. The molecule has 0 saturated carbocycles. The maximum atomic E-state index is 11.1. The zero-order chi connectivity index (χ0) is 9.03. The molecule has 0 spiro atoms. The van der Waals surface area contributed by atoms with Gasteiger partial charge in [-0.1, -0.05) is 0 Å². The second kappa shape index (κ2) is 4.00. The number of carbonyl (C=O) groups excluding carboxylic acids is 1. The van der Waals surface area contributed by atoms with Gasteiger partial charge in [0, 0.05) is 6.61 Å². The first-order valence-corrected chi connectivity index (χ1v) is 5.72. The molecule has 70 valence electrons. The SMILES string of the molecule is O=CCS(=O)(=O)CC1CCCO1. The summed E-state index contributed by atoms with van der Waals surface area (Å²) in [7, 11) is -3.21. The summed E-state index contributed by atoms with van der Waals surface area (Å²) in [5.74, 6) is -0.390. The van der Waals surface area contributed by atoms with Gasteiger partial charge in [-0.2, -0.15) is 0 Å². The lowest BCUT2D eigenvalue weighted by molar-refractivity contribution is -0.105. The molecule has 1 unspecified atom stereocenters. The minimum atomic E-state index is -3.21. The highest BCUT2D eigenvalue weighted by atomic mass is 32.2. The average Bonchev–Trinajstić information content (AvgIpc) is 2.38. The van der Waals surface area contributed by atoms with Crippen LogP contribution in [0.2, 0.25) is 0 Å². The molecule has 1 aliphatic rings. The molecule has 1 heterocycles. The number of hydrogen-bond acceptors (Lipinski definition) is 4. The van der Waals surface area contributed by atoms with E-state index in [1.807, 2.05) is 0 Å². The topological polar surface area (TPSA) is 60.4 Å². The van der Waals surface area contributed by atoms with Gasteiger partial charge in [-0.3, -0.25) is 0 Å². The molecule has 1 fully saturated rings. The highest BCUT2D eigenvalue weighted by Gasteiger charge is 2.22. The van der Waals surface area contributed by atoms with E-state index >= 15 is 0 Å². The van der Waals surface area contributed by atoms with Crippen molar-refractivity contribution in [2.24, 2.45) is 0 Å². The summed E-state index contributed by atoms with van der Waals surface area (Å²) in [5, 5.41) is 0. The predicted molar refractivity (Wildman–Crippen MR) is 43.7 cm³/mol. The van der Waals surface area contributed by atoms with Crippen LogP contribution in [-0.4, -0.2) is 38.9 Å². The first-order valence-electron chi connectivity index (χ1n) is 3.90. The summed E-state index contributed by atoms with van der Waals surface area (Å²) in [4.78, 5) is 9.97. The minimum Gasteiger partial charge on any atom is -0.377 e. The summed E-state index contributed by atoms with van der Waals surface area (Å²) in [6.07, 6.45) is 1.94. The highest BCUT2D eigenvalue weighted by Crippen LogP contribution is 2.13. The normalized spacial score (nSPS) is 24.2. The van der Waals surface area contributed by atoms with Crippen molar-refractivity contribution in [1.82, 2.24) is 0 Å². The standard InChI is InChI=1S/C7H12O4S/c8-3-5-12(9,10)6-7-2-1-4-11-7/h3,7H,1-2,4-6H2. The smallest absolute Gasteiger partial charge is 0.159 e. The van der Waals surface area contributed by atoms with Crippen LogP contribution < -0.4 is 0 Å². The molecule has 0 N–H and O–H groups in total. The Bertz CT molecular complexity index is 238. The monoisotopic (exact) mass is 192 g/mol. The predicted octanol–water partition coefficient (Wildman–Crippen LogP) is -0.221. The van der Waals surface area contributed by atoms with Gasteiger partial charge in [-0.05, 0) is 12.8 Å². The second-order valence-electron chi connectivity index (χ2n) is 2.88. The van der Waals surface area contributed by atoms with Gasteiger partial charge in [-0.15, -0.1) is 0 Å². The van der Waals surface area contributed by atoms with E-state index in [-0.39, 0.29) is 17.6 Å². The van der Waals surface area contributed by atoms with E-state index in [1.165, 1.54) is 0 Å². The number of ether oxygens (including phenoxy) is 1. The van der Waals surface area contributed by atoms with Gasteiger partial charge >= 0.3 is 0 Å². The van der Waals surface area contributed by atoms with Crippen LogP contribution >= 0.6 is 0 Å². The van der Waals surface area contributed by atoms with Gasteiger partial charge in [0.15, 0.2) is 9.84 Å². The van der Waals surface area contributed by atoms with Crippen molar-refractivity contribution in [1.29, 1.82) is 0 Å². The lowest BCUT2D eigenvalue weighted by atomic mass is 10.3. The van der Waals surface area contributed by atoms with Gasteiger partial charge in [0.05, 0.1) is 11.9 Å². The van der Waals surface area contributed by atoms with Gasteiger partial charge in [0.25, 0.3) is 0 Å². The van der Waals surface area contributed by atoms with Crippen molar-refractivity contribution in [3.8, 4) is 0 Å². The number of aldehydes is 1. The zero-order valence-corrected chi connectivity index (χ0v) is 7.55. The molecule has 0 aromatic rings. The first kappa shape index (κ1) is 9.67. The van der Waals surface area contributed by atoms with Crippen LogP contribution in [0.25, 0.3) is 0 Å². The highest BCUT2D eigenvalue weighted by molar-refractivity contribution is 7.92. The molecule has 1 aliphatic heterocycles. The summed E-state index contributed by atoms with van der Waals surface area (Å²) in [6, 6.07) is 0. The fourth-order valence-electron chi connectivity index (χ4n) is 1.23. The maximum absolute atomic E-state index is 11.1. The Balaban J connectivity index is 2.43. The molecule has 1 atom stereocenters. The molecule has 4 nitrogen and oxygen atoms in total. The Morgan fingerprint density at radius 1 is 1.50 bits per heavy atom. The molecule has 0 bridgehead atoms. The van der Waals surface area contributed by atoms with Gasteiger partial charge < -0.3 is 9.53 Å². The quantitative estimate of drug-likeness (QED) is 0.578. The molecule has 0 aliphatic carbocycles. The Hall–Kier alpha value is -0.420. The van der Waals surface area contributed by atoms with Crippen molar-refractivity contribution in [3.05, 3.63) is 0 Å². The van der Waals surface area contributed by atoms with Gasteiger partial charge in [0.1, 0.15) is 12.0 Å². The van der Waals surface area contributed by atoms with Crippen LogP contribution in [-0.2, 0) is 19.4 Å². The molecule has 5 heteroatoms. The fourth-order valence-corrected chi connectivity index (χ4v) is 2.40. The van der Waals surface area contributed by atoms with Crippen LogP contribution in [0.5, 0.6) is 0 Å². The number of rotatable bonds is 4. The van der Waals surface area contributed by atoms with Crippen molar-refractivity contribution < 1.29 is 17.9 Å². The third-order valence-electron chi connectivity index (χ3n) is 1.79. The Morgan fingerprint density at radius 2 is 2.25 bits per heavy atom. The van der Waals surface area contributed by atoms with E-state index in [1.54, 1.807) is 0 Å². The molecule has 12 heavy (non-hydrogen) atoms. The number of hydrogen-bond donors (Lipinski definition) is 0. The third kappa shape index (κ3) is 2.91. The Morgan fingerprint density at radius 3 is 2.75 bits per heavy atom. The molecule has 0 aromatic heterocycles. The van der Waals surface area contributed by atoms with Crippen LogP contribution in [0, 0.1) is 0 Å². The summed E-state index contributed by atoms with van der Waals surface area (Å²) in [6.45, 7) is 0.640. The summed E-state index contributed by atoms with van der Waals surface area (Å²) >= 11 is 0. The molecule has 0 aromatic carbocycles. The van der Waals surface area contributed by atoms with Gasteiger partial charge in [0.2, 0.25) is 0 Å². The van der Waals surface area contributed by atoms with Crippen LogP contribution in [0.4, 0.5) is 0 Å². The molecule has 1 rings (SSSR count). The molecular formula is C7H12O4S. The van der Waals surface area contributed by atoms with E-state index in [9.17, 15) is 13.2 Å². The zero-order valence-electron chi connectivity index (χ0n) is 6.73. The lowest BCUT2D eigenvalue weighted by Gasteiger charge is -2.07. The average molecular weight is 192 g/mol. The summed E-state index contributed by atoms with van der Waals surface area (Å²) < 4.78 is 27.3. The maximum Gasteiger partial charge on any atom is 0.159 e. The van der Waals surface area contributed by atoms with E-state index in [0.29, 0.717) is 12.9 Å². The van der Waals surface area contributed by atoms with E-state index in [2.05, 4.69) is 0 Å². The molecule has 0 radical (unpaired) electrons.